The molecule has 0 saturated carbocycles. The zero-order valence-electron chi connectivity index (χ0n) is 9.30. The second kappa shape index (κ2) is 5.03. The Hall–Kier alpha value is -0.780. The van der Waals surface area contributed by atoms with Gasteiger partial charge in [0, 0.05) is 30.9 Å². The summed E-state index contributed by atoms with van der Waals surface area (Å²) in [5.41, 5.74) is 2.36. The summed E-state index contributed by atoms with van der Waals surface area (Å²) in [6, 6.07) is 4.01. The van der Waals surface area contributed by atoms with E-state index in [1.54, 1.807) is 4.31 Å². The Morgan fingerprint density at radius 3 is 2.75 bits per heavy atom. The maximum atomic E-state index is 10.9. The van der Waals surface area contributed by atoms with Gasteiger partial charge in [-0.2, -0.15) is 0 Å². The summed E-state index contributed by atoms with van der Waals surface area (Å²) in [6.45, 7) is 3.41. The fourth-order valence-electron chi connectivity index (χ4n) is 2.21. The number of rotatable bonds is 2. The first-order valence-electron chi connectivity index (χ1n) is 5.46. The van der Waals surface area contributed by atoms with Crippen molar-refractivity contribution in [2.24, 2.45) is 0 Å². The molecule has 0 aliphatic carbocycles. The van der Waals surface area contributed by atoms with Crippen LogP contribution >= 0.6 is 0 Å². The van der Waals surface area contributed by atoms with Gasteiger partial charge in [0.15, 0.2) is 0 Å². The minimum atomic E-state index is -1.82. The van der Waals surface area contributed by atoms with E-state index in [0.29, 0.717) is 19.0 Å². The molecule has 4 nitrogen and oxygen atoms in total. The van der Waals surface area contributed by atoms with Gasteiger partial charge in [0.1, 0.15) is 0 Å². The van der Waals surface area contributed by atoms with E-state index >= 15 is 0 Å². The van der Waals surface area contributed by atoms with Crippen LogP contribution in [0.4, 0.5) is 0 Å². The van der Waals surface area contributed by atoms with Crippen LogP contribution in [0.25, 0.3) is 0 Å². The predicted octanol–water partition coefficient (Wildman–Crippen LogP) is 1.71. The van der Waals surface area contributed by atoms with Crippen LogP contribution in [0.2, 0.25) is 0 Å². The number of piperidine rings is 1. The van der Waals surface area contributed by atoms with Crippen molar-refractivity contribution in [1.82, 2.24) is 9.29 Å². The van der Waals surface area contributed by atoms with Gasteiger partial charge >= 0.3 is 0 Å². The van der Waals surface area contributed by atoms with Gasteiger partial charge in [0.2, 0.25) is 11.3 Å². The van der Waals surface area contributed by atoms with E-state index in [4.69, 9.17) is 4.55 Å². The molecule has 0 amide bonds. The van der Waals surface area contributed by atoms with Gasteiger partial charge < -0.3 is 0 Å². The van der Waals surface area contributed by atoms with E-state index in [2.05, 4.69) is 18.0 Å². The van der Waals surface area contributed by atoms with E-state index in [0.717, 1.165) is 18.5 Å². The molecule has 2 rings (SSSR count). The SMILES string of the molecule is Cc1cccnc1C1CCN(S(=O)O)CC1. The van der Waals surface area contributed by atoms with E-state index in [9.17, 15) is 4.21 Å². The molecule has 1 atom stereocenters. The van der Waals surface area contributed by atoms with Crippen molar-refractivity contribution in [2.45, 2.75) is 25.7 Å². The van der Waals surface area contributed by atoms with Gasteiger partial charge in [-0.3, -0.25) is 9.54 Å². The lowest BCUT2D eigenvalue weighted by atomic mass is 9.92. The summed E-state index contributed by atoms with van der Waals surface area (Å²) in [6.07, 6.45) is 3.63. The number of hydrogen-bond acceptors (Lipinski definition) is 2. The van der Waals surface area contributed by atoms with E-state index in [-0.39, 0.29) is 0 Å². The molecular formula is C11H16N2O2S. The topological polar surface area (TPSA) is 53.4 Å². The fraction of sp³-hybridized carbons (Fsp3) is 0.545. The summed E-state index contributed by atoms with van der Waals surface area (Å²) < 4.78 is 21.4. The summed E-state index contributed by atoms with van der Waals surface area (Å²) in [5, 5.41) is 0. The van der Waals surface area contributed by atoms with Gasteiger partial charge in [-0.05, 0) is 31.4 Å². The van der Waals surface area contributed by atoms with Crippen molar-refractivity contribution in [3.8, 4) is 0 Å². The molecule has 1 aliphatic heterocycles. The molecule has 1 aromatic heterocycles. The fourth-order valence-corrected chi connectivity index (χ4v) is 2.73. The Kier molecular flexibility index (Phi) is 3.68. The van der Waals surface area contributed by atoms with Crippen molar-refractivity contribution in [3.05, 3.63) is 29.6 Å². The second-order valence-corrected chi connectivity index (χ2v) is 5.12. The molecular weight excluding hydrogens is 224 g/mol. The van der Waals surface area contributed by atoms with Crippen molar-refractivity contribution in [3.63, 3.8) is 0 Å². The monoisotopic (exact) mass is 240 g/mol. The van der Waals surface area contributed by atoms with Crippen LogP contribution in [0.15, 0.2) is 18.3 Å². The largest absolute Gasteiger partial charge is 0.294 e. The van der Waals surface area contributed by atoms with E-state index < -0.39 is 11.3 Å². The van der Waals surface area contributed by atoms with Crippen LogP contribution in [-0.2, 0) is 11.3 Å². The average Bonchev–Trinajstić information content (AvgIpc) is 2.30. The summed E-state index contributed by atoms with van der Waals surface area (Å²) in [5.74, 6) is 0.431. The molecule has 0 aromatic carbocycles. The number of aromatic nitrogens is 1. The van der Waals surface area contributed by atoms with Gasteiger partial charge in [0.05, 0.1) is 0 Å². The molecule has 1 saturated heterocycles. The molecule has 1 aromatic rings. The van der Waals surface area contributed by atoms with Gasteiger partial charge in [-0.25, -0.2) is 8.51 Å². The third kappa shape index (κ3) is 2.48. The number of pyridine rings is 1. The Bertz CT molecular complexity index is 389. The third-order valence-corrected chi connectivity index (χ3v) is 3.92. The molecule has 88 valence electrons. The number of nitrogens with zero attached hydrogens (tertiary/aromatic N) is 2. The lowest BCUT2D eigenvalue weighted by Crippen LogP contribution is -2.34. The van der Waals surface area contributed by atoms with Gasteiger partial charge in [-0.15, -0.1) is 0 Å². The first-order chi connectivity index (χ1) is 7.68. The standard InChI is InChI=1S/C11H16N2O2S/c1-9-3-2-6-12-11(9)10-4-7-13(8-5-10)16(14)15/h2-3,6,10H,4-5,7-8H2,1H3,(H,14,15). The van der Waals surface area contributed by atoms with Crippen molar-refractivity contribution >= 4 is 11.3 Å². The summed E-state index contributed by atoms with van der Waals surface area (Å²) >= 11 is -1.82. The lowest BCUT2D eigenvalue weighted by Gasteiger charge is -2.29. The molecule has 0 bridgehead atoms. The van der Waals surface area contributed by atoms with Crippen LogP contribution in [0.5, 0.6) is 0 Å². The quantitative estimate of drug-likeness (QED) is 0.801. The molecule has 0 spiro atoms. The van der Waals surface area contributed by atoms with Crippen LogP contribution in [0, 0.1) is 6.92 Å². The van der Waals surface area contributed by atoms with E-state index in [1.165, 1.54) is 5.56 Å². The molecule has 1 fully saturated rings. The first kappa shape index (κ1) is 11.7. The Balaban J connectivity index is 2.05. The van der Waals surface area contributed by atoms with Gasteiger partial charge in [-0.1, -0.05) is 6.07 Å². The zero-order valence-corrected chi connectivity index (χ0v) is 10.1. The average molecular weight is 240 g/mol. The highest BCUT2D eigenvalue weighted by Gasteiger charge is 2.24. The zero-order chi connectivity index (χ0) is 11.5. The highest BCUT2D eigenvalue weighted by atomic mass is 32.2. The maximum absolute atomic E-state index is 10.9. The maximum Gasteiger partial charge on any atom is 0.234 e. The van der Waals surface area contributed by atoms with Crippen LogP contribution in [0.3, 0.4) is 0 Å². The minimum Gasteiger partial charge on any atom is -0.294 e. The van der Waals surface area contributed by atoms with Crippen LogP contribution in [0.1, 0.15) is 30.0 Å². The molecule has 16 heavy (non-hydrogen) atoms. The molecule has 1 unspecified atom stereocenters. The number of aryl methyl sites for hydroxylation is 1. The summed E-state index contributed by atoms with van der Waals surface area (Å²) in [4.78, 5) is 4.41. The minimum absolute atomic E-state index is 0.431. The highest BCUT2D eigenvalue weighted by molar-refractivity contribution is 7.76. The molecule has 1 N–H and O–H groups in total. The first-order valence-corrected chi connectivity index (χ1v) is 6.52. The molecule has 2 heterocycles. The third-order valence-electron chi connectivity index (χ3n) is 3.11. The second-order valence-electron chi connectivity index (χ2n) is 4.14. The molecule has 5 heteroatoms. The smallest absolute Gasteiger partial charge is 0.234 e. The normalized spacial score (nSPS) is 20.9. The van der Waals surface area contributed by atoms with Crippen LogP contribution in [-0.4, -0.2) is 31.1 Å². The predicted molar refractivity (Wildman–Crippen MR) is 63.3 cm³/mol. The van der Waals surface area contributed by atoms with Crippen LogP contribution < -0.4 is 0 Å². The Morgan fingerprint density at radius 1 is 1.50 bits per heavy atom. The Morgan fingerprint density at radius 2 is 2.19 bits per heavy atom. The van der Waals surface area contributed by atoms with Gasteiger partial charge in [0.25, 0.3) is 0 Å². The lowest BCUT2D eigenvalue weighted by molar-refractivity contribution is 0.310. The van der Waals surface area contributed by atoms with Crippen molar-refractivity contribution < 1.29 is 8.76 Å². The number of hydrogen-bond donors (Lipinski definition) is 1. The molecule has 1 aliphatic rings. The highest BCUT2D eigenvalue weighted by Crippen LogP contribution is 2.28. The van der Waals surface area contributed by atoms with Crippen molar-refractivity contribution in [2.75, 3.05) is 13.1 Å². The molecule has 0 radical (unpaired) electrons. The summed E-state index contributed by atoms with van der Waals surface area (Å²) in [7, 11) is 0. The Labute approximate surface area is 98.1 Å². The van der Waals surface area contributed by atoms with Crippen molar-refractivity contribution in [1.29, 1.82) is 0 Å². The van der Waals surface area contributed by atoms with E-state index in [1.807, 2.05) is 12.3 Å².